The minimum absolute atomic E-state index is 0.0515. The molecule has 114 valence electrons. The second-order valence-electron chi connectivity index (χ2n) is 5.45. The van der Waals surface area contributed by atoms with E-state index in [4.69, 9.17) is 9.47 Å². The molecule has 0 spiro atoms. The van der Waals surface area contributed by atoms with Gasteiger partial charge < -0.3 is 19.3 Å². The molecule has 2 atom stereocenters. The van der Waals surface area contributed by atoms with Gasteiger partial charge in [-0.25, -0.2) is 9.59 Å². The van der Waals surface area contributed by atoms with Crippen molar-refractivity contribution in [3.05, 3.63) is 0 Å². The number of amides is 2. The largest absolute Gasteiger partial charge is 0.453 e. The van der Waals surface area contributed by atoms with Crippen LogP contribution < -0.4 is 0 Å². The number of likely N-dealkylation sites (tertiary alicyclic amines) is 2. The molecule has 0 bridgehead atoms. The molecule has 20 heavy (non-hydrogen) atoms. The van der Waals surface area contributed by atoms with Crippen molar-refractivity contribution in [3.8, 4) is 0 Å². The monoisotopic (exact) mass is 284 g/mol. The second-order valence-corrected chi connectivity index (χ2v) is 5.45. The summed E-state index contributed by atoms with van der Waals surface area (Å²) < 4.78 is 9.77. The van der Waals surface area contributed by atoms with Crippen molar-refractivity contribution in [2.75, 3.05) is 27.3 Å². The van der Waals surface area contributed by atoms with Gasteiger partial charge in [0.05, 0.1) is 26.3 Å². The van der Waals surface area contributed by atoms with Gasteiger partial charge in [0.25, 0.3) is 0 Å². The Morgan fingerprint density at radius 2 is 1.20 bits per heavy atom. The summed E-state index contributed by atoms with van der Waals surface area (Å²) in [4.78, 5) is 27.4. The van der Waals surface area contributed by atoms with Crippen LogP contribution in [0.1, 0.15) is 38.5 Å². The molecule has 2 fully saturated rings. The standard InChI is InChI=1S/C14H24N2O4/c1-19-13(17)15-9-5-3-7-11(15)12-8-4-6-10-16(12)14(18)20-2/h11-12H,3-10H2,1-2H3. The van der Waals surface area contributed by atoms with Crippen molar-refractivity contribution in [2.45, 2.75) is 50.6 Å². The van der Waals surface area contributed by atoms with Crippen LogP contribution in [0.5, 0.6) is 0 Å². The van der Waals surface area contributed by atoms with Crippen LogP contribution in [-0.2, 0) is 9.47 Å². The molecule has 6 heteroatoms. The van der Waals surface area contributed by atoms with Crippen LogP contribution in [-0.4, -0.2) is 61.4 Å². The summed E-state index contributed by atoms with van der Waals surface area (Å²) in [7, 11) is 2.82. The number of rotatable bonds is 1. The lowest BCUT2D eigenvalue weighted by atomic mass is 9.89. The maximum Gasteiger partial charge on any atom is 0.409 e. The number of carbonyl (C=O) groups excluding carboxylic acids is 2. The van der Waals surface area contributed by atoms with Crippen molar-refractivity contribution in [3.63, 3.8) is 0 Å². The Bertz CT molecular complexity index is 327. The van der Waals surface area contributed by atoms with E-state index in [1.165, 1.54) is 14.2 Å². The van der Waals surface area contributed by atoms with E-state index in [0.29, 0.717) is 13.1 Å². The maximum absolute atomic E-state index is 11.9. The molecular formula is C14H24N2O4. The van der Waals surface area contributed by atoms with Gasteiger partial charge in [0.2, 0.25) is 0 Å². The molecule has 0 aromatic carbocycles. The van der Waals surface area contributed by atoms with Crippen molar-refractivity contribution >= 4 is 12.2 Å². The summed E-state index contributed by atoms with van der Waals surface area (Å²) in [5, 5.41) is 0. The molecule has 2 aliphatic rings. The van der Waals surface area contributed by atoms with Crippen LogP contribution in [0.2, 0.25) is 0 Å². The van der Waals surface area contributed by atoms with Gasteiger partial charge in [-0.05, 0) is 38.5 Å². The molecule has 0 aliphatic carbocycles. The lowest BCUT2D eigenvalue weighted by molar-refractivity contribution is 0.0250. The van der Waals surface area contributed by atoms with Crippen LogP contribution in [0.15, 0.2) is 0 Å². The lowest BCUT2D eigenvalue weighted by Crippen LogP contribution is -2.58. The summed E-state index contributed by atoms with van der Waals surface area (Å²) in [6, 6.07) is 0.103. The molecular weight excluding hydrogens is 260 g/mol. The van der Waals surface area contributed by atoms with Crippen LogP contribution >= 0.6 is 0 Å². The highest BCUT2D eigenvalue weighted by Crippen LogP contribution is 2.29. The molecule has 0 radical (unpaired) electrons. The molecule has 2 saturated heterocycles. The third-order valence-electron chi connectivity index (χ3n) is 4.36. The van der Waals surface area contributed by atoms with E-state index in [0.717, 1.165) is 38.5 Å². The number of carbonyl (C=O) groups is 2. The lowest BCUT2D eigenvalue weighted by Gasteiger charge is -2.45. The second kappa shape index (κ2) is 6.81. The average Bonchev–Trinajstić information content (AvgIpc) is 2.53. The van der Waals surface area contributed by atoms with Crippen LogP contribution in [0.3, 0.4) is 0 Å². The van der Waals surface area contributed by atoms with E-state index in [1.807, 2.05) is 0 Å². The topological polar surface area (TPSA) is 59.1 Å². The van der Waals surface area contributed by atoms with Gasteiger partial charge in [-0.15, -0.1) is 0 Å². The molecule has 2 amide bonds. The quantitative estimate of drug-likeness (QED) is 0.741. The van der Waals surface area contributed by atoms with E-state index in [-0.39, 0.29) is 24.3 Å². The number of ether oxygens (including phenoxy) is 2. The van der Waals surface area contributed by atoms with Gasteiger partial charge >= 0.3 is 12.2 Å². The van der Waals surface area contributed by atoms with E-state index in [1.54, 1.807) is 9.80 Å². The van der Waals surface area contributed by atoms with Gasteiger partial charge in [0, 0.05) is 13.1 Å². The summed E-state index contributed by atoms with van der Waals surface area (Å²) >= 11 is 0. The highest BCUT2D eigenvalue weighted by atomic mass is 16.5. The minimum atomic E-state index is -0.287. The number of nitrogens with zero attached hydrogens (tertiary/aromatic N) is 2. The van der Waals surface area contributed by atoms with Crippen molar-refractivity contribution < 1.29 is 19.1 Å². The molecule has 0 N–H and O–H groups in total. The number of hydrogen-bond donors (Lipinski definition) is 0. The Balaban J connectivity index is 2.15. The Morgan fingerprint density at radius 1 is 0.800 bits per heavy atom. The molecule has 2 unspecified atom stereocenters. The highest BCUT2D eigenvalue weighted by Gasteiger charge is 2.39. The Kier molecular flexibility index (Phi) is 5.09. The van der Waals surface area contributed by atoms with Gasteiger partial charge in [-0.3, -0.25) is 0 Å². The SMILES string of the molecule is COC(=O)N1CCCCC1C1CCCCN1C(=O)OC. The summed E-state index contributed by atoms with van der Waals surface area (Å²) in [6.07, 6.45) is 5.44. The van der Waals surface area contributed by atoms with E-state index < -0.39 is 0 Å². The zero-order valence-corrected chi connectivity index (χ0v) is 12.3. The predicted molar refractivity (Wildman–Crippen MR) is 73.5 cm³/mol. The van der Waals surface area contributed by atoms with Gasteiger partial charge in [-0.1, -0.05) is 0 Å². The minimum Gasteiger partial charge on any atom is -0.453 e. The van der Waals surface area contributed by atoms with Crippen molar-refractivity contribution in [2.24, 2.45) is 0 Å². The van der Waals surface area contributed by atoms with Crippen LogP contribution in [0.4, 0.5) is 9.59 Å². The fourth-order valence-corrected chi connectivity index (χ4v) is 3.40. The smallest absolute Gasteiger partial charge is 0.409 e. The molecule has 0 saturated carbocycles. The zero-order chi connectivity index (χ0) is 14.5. The first-order chi connectivity index (χ1) is 9.69. The van der Waals surface area contributed by atoms with Gasteiger partial charge in [-0.2, -0.15) is 0 Å². The fraction of sp³-hybridized carbons (Fsp3) is 0.857. The zero-order valence-electron chi connectivity index (χ0n) is 12.3. The summed E-state index contributed by atoms with van der Waals surface area (Å²) in [5.74, 6) is 0. The molecule has 0 aromatic rings. The molecule has 2 rings (SSSR count). The van der Waals surface area contributed by atoms with Crippen molar-refractivity contribution in [1.82, 2.24) is 9.80 Å². The van der Waals surface area contributed by atoms with E-state index in [2.05, 4.69) is 0 Å². The Morgan fingerprint density at radius 3 is 1.55 bits per heavy atom. The number of methoxy groups -OCH3 is 2. The first-order valence-electron chi connectivity index (χ1n) is 7.38. The first-order valence-corrected chi connectivity index (χ1v) is 7.38. The number of piperidine rings is 2. The summed E-state index contributed by atoms with van der Waals surface area (Å²) in [5.41, 5.74) is 0. The van der Waals surface area contributed by atoms with Crippen LogP contribution in [0, 0.1) is 0 Å². The molecule has 0 aromatic heterocycles. The Labute approximate surface area is 120 Å². The van der Waals surface area contributed by atoms with E-state index in [9.17, 15) is 9.59 Å². The first kappa shape index (κ1) is 14.9. The Hall–Kier alpha value is -1.46. The summed E-state index contributed by atoms with van der Waals surface area (Å²) in [6.45, 7) is 1.42. The van der Waals surface area contributed by atoms with Gasteiger partial charge in [0.1, 0.15) is 0 Å². The van der Waals surface area contributed by atoms with Gasteiger partial charge in [0.15, 0.2) is 0 Å². The normalized spacial score (nSPS) is 27.1. The predicted octanol–water partition coefficient (Wildman–Crippen LogP) is 2.23. The van der Waals surface area contributed by atoms with E-state index >= 15 is 0 Å². The maximum atomic E-state index is 11.9. The molecule has 2 heterocycles. The third-order valence-corrected chi connectivity index (χ3v) is 4.36. The third kappa shape index (κ3) is 2.99. The average molecular weight is 284 g/mol. The molecule has 6 nitrogen and oxygen atoms in total. The molecule has 2 aliphatic heterocycles. The van der Waals surface area contributed by atoms with Crippen LogP contribution in [0.25, 0.3) is 0 Å². The highest BCUT2D eigenvalue weighted by molar-refractivity contribution is 5.70. The number of hydrogen-bond acceptors (Lipinski definition) is 4. The van der Waals surface area contributed by atoms with Crippen molar-refractivity contribution in [1.29, 1.82) is 0 Å². The fourth-order valence-electron chi connectivity index (χ4n) is 3.40.